The molecule has 1 aromatic rings. The summed E-state index contributed by atoms with van der Waals surface area (Å²) in [5.41, 5.74) is 2.93. The molecule has 0 fully saturated rings. The Morgan fingerprint density at radius 2 is 2.24 bits per heavy atom. The van der Waals surface area contributed by atoms with Crippen molar-refractivity contribution in [2.75, 3.05) is 13.7 Å². The summed E-state index contributed by atoms with van der Waals surface area (Å²) >= 11 is 0. The van der Waals surface area contributed by atoms with Crippen molar-refractivity contribution < 1.29 is 4.74 Å². The number of ether oxygens (including phenoxy) is 1. The fourth-order valence-electron chi connectivity index (χ4n) is 2.49. The van der Waals surface area contributed by atoms with Gasteiger partial charge in [-0.3, -0.25) is 0 Å². The van der Waals surface area contributed by atoms with E-state index in [1.807, 2.05) is 0 Å². The molecule has 2 rings (SSSR count). The average Bonchev–Trinajstić information content (AvgIpc) is 2.35. The number of hydrogen-bond acceptors (Lipinski definition) is 2. The van der Waals surface area contributed by atoms with Crippen LogP contribution in [0.15, 0.2) is 18.2 Å². The Bertz CT molecular complexity index is 373. The van der Waals surface area contributed by atoms with Gasteiger partial charge in [0.1, 0.15) is 5.75 Å². The zero-order chi connectivity index (χ0) is 12.3. The van der Waals surface area contributed by atoms with Crippen LogP contribution in [0, 0.1) is 5.92 Å². The first-order valence-electron chi connectivity index (χ1n) is 6.61. The minimum Gasteiger partial charge on any atom is -0.497 e. The smallest absolute Gasteiger partial charge is 0.119 e. The highest BCUT2D eigenvalue weighted by Gasteiger charge is 2.20. The molecule has 1 atom stereocenters. The molecular formula is C15H23NO. The quantitative estimate of drug-likeness (QED) is 0.861. The molecule has 1 aliphatic rings. The number of methoxy groups -OCH3 is 1. The fraction of sp³-hybridized carbons (Fsp3) is 0.600. The van der Waals surface area contributed by atoms with E-state index in [-0.39, 0.29) is 0 Å². The molecular weight excluding hydrogens is 210 g/mol. The first-order chi connectivity index (χ1) is 8.20. The van der Waals surface area contributed by atoms with E-state index >= 15 is 0 Å². The van der Waals surface area contributed by atoms with E-state index in [0.29, 0.717) is 12.0 Å². The molecule has 1 aromatic carbocycles. The third-order valence-electron chi connectivity index (χ3n) is 3.44. The van der Waals surface area contributed by atoms with Crippen LogP contribution >= 0.6 is 0 Å². The molecule has 0 saturated heterocycles. The molecule has 94 valence electrons. The lowest BCUT2D eigenvalue weighted by Gasteiger charge is -2.27. The van der Waals surface area contributed by atoms with Crippen LogP contribution in [0.5, 0.6) is 5.75 Å². The average molecular weight is 233 g/mol. The van der Waals surface area contributed by atoms with Gasteiger partial charge < -0.3 is 10.1 Å². The normalized spacial score (nSPS) is 19.2. The van der Waals surface area contributed by atoms with Gasteiger partial charge in [0, 0.05) is 6.04 Å². The molecule has 0 saturated carbocycles. The predicted octanol–water partition coefficient (Wildman–Crippen LogP) is 3.32. The second-order valence-electron chi connectivity index (χ2n) is 5.31. The lowest BCUT2D eigenvalue weighted by atomic mass is 9.87. The summed E-state index contributed by atoms with van der Waals surface area (Å²) in [6.45, 7) is 5.59. The van der Waals surface area contributed by atoms with E-state index in [1.54, 1.807) is 7.11 Å². The topological polar surface area (TPSA) is 21.3 Å². The molecule has 0 amide bonds. The van der Waals surface area contributed by atoms with Gasteiger partial charge in [-0.15, -0.1) is 0 Å². The Labute approximate surface area is 104 Å². The largest absolute Gasteiger partial charge is 0.497 e. The highest BCUT2D eigenvalue weighted by Crippen LogP contribution is 2.32. The van der Waals surface area contributed by atoms with Crippen LogP contribution in [-0.4, -0.2) is 13.7 Å². The molecule has 17 heavy (non-hydrogen) atoms. The van der Waals surface area contributed by atoms with Crippen molar-refractivity contribution in [3.63, 3.8) is 0 Å². The van der Waals surface area contributed by atoms with Crippen molar-refractivity contribution in [1.29, 1.82) is 0 Å². The molecule has 2 heteroatoms. The summed E-state index contributed by atoms with van der Waals surface area (Å²) in [4.78, 5) is 0. The standard InChI is InChI=1S/C15H23NO/c1-11(2)10-16-15-6-4-5-12-7-8-13(17-3)9-14(12)15/h7-9,11,15-16H,4-6,10H2,1-3H3. The van der Waals surface area contributed by atoms with Crippen molar-refractivity contribution >= 4 is 0 Å². The minimum absolute atomic E-state index is 0.510. The minimum atomic E-state index is 0.510. The lowest BCUT2D eigenvalue weighted by Crippen LogP contribution is -2.28. The van der Waals surface area contributed by atoms with Crippen LogP contribution in [0.3, 0.4) is 0 Å². The fourth-order valence-corrected chi connectivity index (χ4v) is 2.49. The second kappa shape index (κ2) is 5.54. The molecule has 0 spiro atoms. The molecule has 1 unspecified atom stereocenters. The Kier molecular flexibility index (Phi) is 4.06. The predicted molar refractivity (Wildman–Crippen MR) is 71.5 cm³/mol. The van der Waals surface area contributed by atoms with Gasteiger partial charge in [-0.05, 0) is 55.0 Å². The molecule has 0 bridgehead atoms. The summed E-state index contributed by atoms with van der Waals surface area (Å²) in [6.07, 6.45) is 3.74. The number of benzene rings is 1. The zero-order valence-electron chi connectivity index (χ0n) is 11.1. The van der Waals surface area contributed by atoms with Crippen molar-refractivity contribution in [1.82, 2.24) is 5.32 Å². The van der Waals surface area contributed by atoms with Crippen LogP contribution in [0.2, 0.25) is 0 Å². The van der Waals surface area contributed by atoms with Crippen molar-refractivity contribution in [3.05, 3.63) is 29.3 Å². The Morgan fingerprint density at radius 3 is 2.94 bits per heavy atom. The number of aryl methyl sites for hydroxylation is 1. The molecule has 0 heterocycles. The van der Waals surface area contributed by atoms with Crippen LogP contribution in [-0.2, 0) is 6.42 Å². The number of hydrogen-bond donors (Lipinski definition) is 1. The molecule has 0 radical (unpaired) electrons. The van der Waals surface area contributed by atoms with Gasteiger partial charge in [0.25, 0.3) is 0 Å². The second-order valence-corrected chi connectivity index (χ2v) is 5.31. The Hall–Kier alpha value is -1.02. The van der Waals surface area contributed by atoms with Gasteiger partial charge in [-0.2, -0.15) is 0 Å². The van der Waals surface area contributed by atoms with E-state index in [4.69, 9.17) is 4.74 Å². The maximum Gasteiger partial charge on any atom is 0.119 e. The van der Waals surface area contributed by atoms with Crippen LogP contribution in [0.4, 0.5) is 0 Å². The van der Waals surface area contributed by atoms with Crippen molar-refractivity contribution in [3.8, 4) is 5.75 Å². The van der Waals surface area contributed by atoms with Crippen molar-refractivity contribution in [2.24, 2.45) is 5.92 Å². The van der Waals surface area contributed by atoms with Gasteiger partial charge in [-0.1, -0.05) is 19.9 Å². The van der Waals surface area contributed by atoms with Crippen LogP contribution in [0.1, 0.15) is 43.9 Å². The van der Waals surface area contributed by atoms with Crippen molar-refractivity contribution in [2.45, 2.75) is 39.2 Å². The lowest BCUT2D eigenvalue weighted by molar-refractivity contribution is 0.404. The maximum absolute atomic E-state index is 5.33. The summed E-state index contributed by atoms with van der Waals surface area (Å²) in [6, 6.07) is 7.00. The first-order valence-corrected chi connectivity index (χ1v) is 6.61. The summed E-state index contributed by atoms with van der Waals surface area (Å²) in [5.74, 6) is 1.67. The molecule has 2 nitrogen and oxygen atoms in total. The summed E-state index contributed by atoms with van der Waals surface area (Å²) in [5, 5.41) is 3.67. The van der Waals surface area contributed by atoms with Gasteiger partial charge in [0.05, 0.1) is 7.11 Å². The zero-order valence-corrected chi connectivity index (χ0v) is 11.1. The molecule has 0 aliphatic heterocycles. The number of fused-ring (bicyclic) bond motifs is 1. The van der Waals surface area contributed by atoms with E-state index in [9.17, 15) is 0 Å². The SMILES string of the molecule is COc1ccc2c(c1)C(NCC(C)C)CCC2. The Balaban J connectivity index is 2.16. The number of rotatable bonds is 4. The third-order valence-corrected chi connectivity index (χ3v) is 3.44. The Morgan fingerprint density at radius 1 is 1.41 bits per heavy atom. The van der Waals surface area contributed by atoms with Crippen LogP contribution in [0.25, 0.3) is 0 Å². The molecule has 1 N–H and O–H groups in total. The highest BCUT2D eigenvalue weighted by atomic mass is 16.5. The summed E-state index contributed by atoms with van der Waals surface area (Å²) < 4.78 is 5.33. The first kappa shape index (κ1) is 12.4. The highest BCUT2D eigenvalue weighted by molar-refractivity contribution is 5.39. The molecule has 0 aromatic heterocycles. The van der Waals surface area contributed by atoms with Gasteiger partial charge in [0.15, 0.2) is 0 Å². The van der Waals surface area contributed by atoms with E-state index < -0.39 is 0 Å². The number of nitrogens with one attached hydrogen (secondary N) is 1. The van der Waals surface area contributed by atoms with E-state index in [2.05, 4.69) is 37.4 Å². The van der Waals surface area contributed by atoms with E-state index in [0.717, 1.165) is 12.3 Å². The van der Waals surface area contributed by atoms with Gasteiger partial charge >= 0.3 is 0 Å². The van der Waals surface area contributed by atoms with E-state index in [1.165, 1.54) is 30.4 Å². The van der Waals surface area contributed by atoms with Gasteiger partial charge in [-0.25, -0.2) is 0 Å². The van der Waals surface area contributed by atoms with Gasteiger partial charge in [0.2, 0.25) is 0 Å². The third kappa shape index (κ3) is 3.01. The summed E-state index contributed by atoms with van der Waals surface area (Å²) in [7, 11) is 1.74. The van der Waals surface area contributed by atoms with Crippen LogP contribution < -0.4 is 10.1 Å². The maximum atomic E-state index is 5.33. The molecule has 1 aliphatic carbocycles. The monoisotopic (exact) mass is 233 g/mol.